The molecule has 0 aromatic heterocycles. The van der Waals surface area contributed by atoms with Crippen molar-refractivity contribution in [2.75, 3.05) is 14.1 Å². The van der Waals surface area contributed by atoms with Gasteiger partial charge in [0.2, 0.25) is 0 Å². The number of nitrogens with zero attached hydrogens (tertiary/aromatic N) is 1. The molecule has 3 aromatic rings. The molecule has 0 amide bonds. The van der Waals surface area contributed by atoms with Crippen LogP contribution in [0.15, 0.2) is 84.9 Å². The van der Waals surface area contributed by atoms with E-state index in [1.807, 2.05) is 0 Å². The van der Waals surface area contributed by atoms with Crippen molar-refractivity contribution in [3.05, 3.63) is 90.5 Å². The van der Waals surface area contributed by atoms with Crippen LogP contribution in [0.2, 0.25) is 0 Å². The van der Waals surface area contributed by atoms with Gasteiger partial charge in [-0.3, -0.25) is 0 Å². The molecule has 2 heteroatoms. The van der Waals surface area contributed by atoms with E-state index in [-0.39, 0.29) is 0 Å². The third kappa shape index (κ3) is 4.07. The lowest BCUT2D eigenvalue weighted by molar-refractivity contribution is 0.402. The molecule has 0 aliphatic rings. The molecule has 0 N–H and O–H groups in total. The van der Waals surface area contributed by atoms with Crippen LogP contribution in [-0.4, -0.2) is 19.0 Å². The van der Waals surface area contributed by atoms with E-state index in [2.05, 4.69) is 104 Å². The van der Waals surface area contributed by atoms with E-state index in [0.717, 1.165) is 6.54 Å². The fraction of sp³-hybridized carbons (Fsp3) is 0.143. The van der Waals surface area contributed by atoms with Crippen LogP contribution in [0, 0.1) is 0 Å². The first-order valence-corrected chi connectivity index (χ1v) is 9.22. The lowest BCUT2D eigenvalue weighted by Crippen LogP contribution is -2.21. The first-order valence-electron chi connectivity index (χ1n) is 7.88. The van der Waals surface area contributed by atoms with E-state index in [4.69, 9.17) is 0 Å². The minimum absolute atomic E-state index is 0.506. The Balaban J connectivity index is 2.06. The minimum atomic E-state index is -0.506. The molecule has 0 fully saturated rings. The third-order valence-electron chi connectivity index (χ3n) is 3.70. The number of rotatable bonds is 5. The highest BCUT2D eigenvalue weighted by Crippen LogP contribution is 2.32. The van der Waals surface area contributed by atoms with Crippen molar-refractivity contribution >= 4 is 23.8 Å². The van der Waals surface area contributed by atoms with Crippen molar-refractivity contribution in [2.24, 2.45) is 0 Å². The van der Waals surface area contributed by atoms with Crippen molar-refractivity contribution in [1.82, 2.24) is 4.90 Å². The Hall–Kier alpha value is -1.95. The topological polar surface area (TPSA) is 3.24 Å². The van der Waals surface area contributed by atoms with E-state index in [0.29, 0.717) is 0 Å². The maximum atomic E-state index is 2.37. The van der Waals surface area contributed by atoms with Gasteiger partial charge in [-0.2, -0.15) is 0 Å². The van der Waals surface area contributed by atoms with Crippen LogP contribution in [0.3, 0.4) is 0 Å². The summed E-state index contributed by atoms with van der Waals surface area (Å²) in [5, 5.41) is 4.21. The summed E-state index contributed by atoms with van der Waals surface area (Å²) in [5.41, 5.74) is 1.37. The van der Waals surface area contributed by atoms with Crippen LogP contribution in [0.25, 0.3) is 0 Å². The maximum Gasteiger partial charge on any atom is 0.0227 e. The van der Waals surface area contributed by atoms with Crippen LogP contribution < -0.4 is 15.9 Å². The Labute approximate surface area is 140 Å². The molecular weight excluding hydrogens is 297 g/mol. The standard InChI is InChI=1S/C21H22NP/c1-22(2)17-18-10-9-15-21(16-18)23(19-11-5-3-6-12-19)20-13-7-4-8-14-20/h3-16H,17H2,1-2H3. The SMILES string of the molecule is CN(C)Cc1cccc(P(c2ccccc2)c2ccccc2)c1. The summed E-state index contributed by atoms with van der Waals surface area (Å²) in [4.78, 5) is 2.21. The van der Waals surface area contributed by atoms with Gasteiger partial charge in [0.15, 0.2) is 0 Å². The lowest BCUT2D eigenvalue weighted by Gasteiger charge is -2.20. The minimum Gasteiger partial charge on any atom is -0.305 e. The predicted octanol–water partition coefficient (Wildman–Crippen LogP) is 3.51. The summed E-state index contributed by atoms with van der Waals surface area (Å²) in [6, 6.07) is 30.8. The predicted molar refractivity (Wildman–Crippen MR) is 103 cm³/mol. The van der Waals surface area contributed by atoms with Gasteiger partial charge in [0.25, 0.3) is 0 Å². The molecule has 23 heavy (non-hydrogen) atoms. The molecule has 0 saturated heterocycles. The van der Waals surface area contributed by atoms with Gasteiger partial charge in [-0.1, -0.05) is 78.9 Å². The average molecular weight is 319 g/mol. The molecule has 0 bridgehead atoms. The largest absolute Gasteiger partial charge is 0.305 e. The molecule has 116 valence electrons. The van der Waals surface area contributed by atoms with Gasteiger partial charge in [0.05, 0.1) is 0 Å². The Morgan fingerprint density at radius 3 is 1.70 bits per heavy atom. The maximum absolute atomic E-state index is 2.37. The normalized spacial score (nSPS) is 11.1. The Kier molecular flexibility index (Phi) is 5.23. The van der Waals surface area contributed by atoms with Crippen molar-refractivity contribution in [2.45, 2.75) is 6.54 Å². The first-order chi connectivity index (χ1) is 11.2. The van der Waals surface area contributed by atoms with Gasteiger partial charge in [0, 0.05) is 6.54 Å². The van der Waals surface area contributed by atoms with Crippen molar-refractivity contribution < 1.29 is 0 Å². The highest BCUT2D eigenvalue weighted by molar-refractivity contribution is 7.79. The van der Waals surface area contributed by atoms with Crippen LogP contribution in [0.4, 0.5) is 0 Å². The number of hydrogen-bond donors (Lipinski definition) is 0. The van der Waals surface area contributed by atoms with Crippen LogP contribution in [-0.2, 0) is 6.54 Å². The summed E-state index contributed by atoms with van der Waals surface area (Å²) in [7, 11) is 3.72. The molecule has 0 aliphatic heterocycles. The fourth-order valence-electron chi connectivity index (χ4n) is 2.76. The van der Waals surface area contributed by atoms with Gasteiger partial charge in [0.1, 0.15) is 0 Å². The summed E-state index contributed by atoms with van der Waals surface area (Å²) in [6.07, 6.45) is 0. The quantitative estimate of drug-likeness (QED) is 0.651. The van der Waals surface area contributed by atoms with E-state index < -0.39 is 7.92 Å². The summed E-state index contributed by atoms with van der Waals surface area (Å²) in [5.74, 6) is 0. The van der Waals surface area contributed by atoms with E-state index in [1.165, 1.54) is 21.5 Å². The van der Waals surface area contributed by atoms with Crippen LogP contribution in [0.1, 0.15) is 5.56 Å². The smallest absolute Gasteiger partial charge is 0.0227 e. The highest BCUT2D eigenvalue weighted by Gasteiger charge is 2.16. The molecule has 3 aromatic carbocycles. The van der Waals surface area contributed by atoms with E-state index in [1.54, 1.807) is 0 Å². The third-order valence-corrected chi connectivity index (χ3v) is 6.12. The fourth-order valence-corrected chi connectivity index (χ4v) is 5.13. The molecule has 0 spiro atoms. The molecule has 0 saturated carbocycles. The summed E-state index contributed by atoms with van der Waals surface area (Å²) < 4.78 is 0. The van der Waals surface area contributed by atoms with E-state index in [9.17, 15) is 0 Å². The zero-order valence-corrected chi connectivity index (χ0v) is 14.6. The Morgan fingerprint density at radius 2 is 1.17 bits per heavy atom. The van der Waals surface area contributed by atoms with Crippen molar-refractivity contribution in [1.29, 1.82) is 0 Å². The summed E-state index contributed by atoms with van der Waals surface area (Å²) >= 11 is 0. The zero-order valence-electron chi connectivity index (χ0n) is 13.7. The zero-order chi connectivity index (χ0) is 16.1. The van der Waals surface area contributed by atoms with Crippen LogP contribution in [0.5, 0.6) is 0 Å². The van der Waals surface area contributed by atoms with Crippen LogP contribution >= 0.6 is 7.92 Å². The number of hydrogen-bond acceptors (Lipinski definition) is 1. The van der Waals surface area contributed by atoms with Crippen molar-refractivity contribution in [3.8, 4) is 0 Å². The molecule has 0 unspecified atom stereocenters. The van der Waals surface area contributed by atoms with Crippen molar-refractivity contribution in [3.63, 3.8) is 0 Å². The van der Waals surface area contributed by atoms with Gasteiger partial charge in [-0.25, -0.2) is 0 Å². The van der Waals surface area contributed by atoms with Gasteiger partial charge < -0.3 is 4.90 Å². The van der Waals surface area contributed by atoms with Gasteiger partial charge >= 0.3 is 0 Å². The second-order valence-corrected chi connectivity index (χ2v) is 8.13. The number of benzene rings is 3. The Bertz CT molecular complexity index is 699. The molecular formula is C21H22NP. The van der Waals surface area contributed by atoms with Gasteiger partial charge in [-0.15, -0.1) is 0 Å². The second-order valence-electron chi connectivity index (χ2n) is 5.91. The first kappa shape index (κ1) is 15.9. The average Bonchev–Trinajstić information content (AvgIpc) is 2.57. The molecule has 0 atom stereocenters. The second kappa shape index (κ2) is 7.55. The highest BCUT2D eigenvalue weighted by atomic mass is 31.1. The Morgan fingerprint density at radius 1 is 0.652 bits per heavy atom. The monoisotopic (exact) mass is 319 g/mol. The molecule has 1 nitrogen and oxygen atoms in total. The van der Waals surface area contributed by atoms with Gasteiger partial charge in [-0.05, 0) is 49.6 Å². The van der Waals surface area contributed by atoms with E-state index >= 15 is 0 Å². The molecule has 0 heterocycles. The molecule has 0 radical (unpaired) electrons. The molecule has 0 aliphatic carbocycles. The summed E-state index contributed by atoms with van der Waals surface area (Å²) in [6.45, 7) is 0.973. The lowest BCUT2D eigenvalue weighted by atomic mass is 10.2. The molecule has 3 rings (SSSR count).